The molecule has 0 N–H and O–H groups in total. The van der Waals surface area contributed by atoms with E-state index in [1.165, 1.54) is 17.4 Å². The molecule has 0 bridgehead atoms. The Balaban J connectivity index is 2.25. The zero-order chi connectivity index (χ0) is 14.0. The van der Waals surface area contributed by atoms with Crippen LogP contribution in [-0.4, -0.2) is 17.9 Å². The second-order valence-electron chi connectivity index (χ2n) is 4.55. The van der Waals surface area contributed by atoms with Crippen LogP contribution in [0.3, 0.4) is 0 Å². The summed E-state index contributed by atoms with van der Waals surface area (Å²) in [5, 5.41) is 1.89. The summed E-state index contributed by atoms with van der Waals surface area (Å²) in [6, 6.07) is 8.18. The molecule has 2 rings (SSSR count). The van der Waals surface area contributed by atoms with Gasteiger partial charge in [0, 0.05) is 12.6 Å². The van der Waals surface area contributed by atoms with Gasteiger partial charge in [0.15, 0.2) is 0 Å². The van der Waals surface area contributed by atoms with Crippen LogP contribution in [0.5, 0.6) is 0 Å². The Labute approximate surface area is 116 Å². The number of halogens is 1. The molecule has 2 nitrogen and oxygen atoms in total. The van der Waals surface area contributed by atoms with Gasteiger partial charge in [-0.1, -0.05) is 18.2 Å². The van der Waals surface area contributed by atoms with E-state index in [1.54, 1.807) is 30.1 Å². The molecule has 2 aromatic rings. The van der Waals surface area contributed by atoms with E-state index in [1.807, 2.05) is 25.3 Å². The molecule has 1 aromatic carbocycles. The van der Waals surface area contributed by atoms with E-state index >= 15 is 0 Å². The molecule has 19 heavy (non-hydrogen) atoms. The van der Waals surface area contributed by atoms with Crippen molar-refractivity contribution in [3.05, 3.63) is 57.5 Å². The molecule has 1 atom stereocenters. The zero-order valence-electron chi connectivity index (χ0n) is 11.2. The minimum absolute atomic E-state index is 0.0664. The van der Waals surface area contributed by atoms with Gasteiger partial charge in [0.2, 0.25) is 0 Å². The second-order valence-corrected chi connectivity index (χ2v) is 5.46. The highest BCUT2D eigenvalue weighted by Gasteiger charge is 2.22. The highest BCUT2D eigenvalue weighted by Crippen LogP contribution is 2.25. The van der Waals surface area contributed by atoms with E-state index in [2.05, 4.69) is 0 Å². The van der Waals surface area contributed by atoms with Crippen molar-refractivity contribution >= 4 is 17.2 Å². The van der Waals surface area contributed by atoms with Crippen molar-refractivity contribution in [2.75, 3.05) is 7.05 Å². The summed E-state index contributed by atoms with van der Waals surface area (Å²) in [6.07, 6.45) is 0. The largest absolute Gasteiger partial charge is 0.334 e. The third-order valence-corrected chi connectivity index (χ3v) is 4.32. The summed E-state index contributed by atoms with van der Waals surface area (Å²) in [4.78, 5) is 14.7. The van der Waals surface area contributed by atoms with Gasteiger partial charge >= 0.3 is 0 Å². The topological polar surface area (TPSA) is 20.3 Å². The van der Waals surface area contributed by atoms with E-state index in [9.17, 15) is 9.18 Å². The molecule has 0 radical (unpaired) electrons. The summed E-state index contributed by atoms with van der Waals surface area (Å²) in [5.41, 5.74) is 1.50. The molecule has 1 aromatic heterocycles. The van der Waals surface area contributed by atoms with Crippen molar-refractivity contribution in [2.24, 2.45) is 0 Å². The number of benzene rings is 1. The lowest BCUT2D eigenvalue weighted by Gasteiger charge is -2.25. The molecule has 0 fully saturated rings. The first kappa shape index (κ1) is 13.7. The molecule has 0 aliphatic heterocycles. The van der Waals surface area contributed by atoms with E-state index in [0.29, 0.717) is 10.4 Å². The van der Waals surface area contributed by atoms with Crippen LogP contribution in [0.2, 0.25) is 0 Å². The molecule has 0 spiro atoms. The maximum absolute atomic E-state index is 13.8. The fourth-order valence-electron chi connectivity index (χ4n) is 1.95. The highest BCUT2D eigenvalue weighted by atomic mass is 32.1. The third-order valence-electron chi connectivity index (χ3n) is 3.31. The van der Waals surface area contributed by atoms with Crippen LogP contribution in [-0.2, 0) is 0 Å². The molecule has 4 heteroatoms. The van der Waals surface area contributed by atoms with Crippen LogP contribution in [0.25, 0.3) is 0 Å². The van der Waals surface area contributed by atoms with Gasteiger partial charge in [-0.3, -0.25) is 4.79 Å². The lowest BCUT2D eigenvalue weighted by Crippen LogP contribution is -2.30. The molecule has 1 unspecified atom stereocenters. The lowest BCUT2D eigenvalue weighted by atomic mass is 10.1. The Morgan fingerprint density at radius 1 is 1.32 bits per heavy atom. The van der Waals surface area contributed by atoms with Crippen molar-refractivity contribution in [3.63, 3.8) is 0 Å². The Kier molecular flexibility index (Phi) is 4.00. The van der Waals surface area contributed by atoms with Crippen molar-refractivity contribution in [1.29, 1.82) is 0 Å². The molecule has 0 saturated carbocycles. The van der Waals surface area contributed by atoms with Gasteiger partial charge in [0.25, 0.3) is 5.91 Å². The standard InChI is InChI=1S/C15H16FNOS/c1-10-8-9-19-14(10)15(18)17(3)11(2)12-6-4-5-7-13(12)16/h4-9,11H,1-3H3. The molecule has 100 valence electrons. The first-order chi connectivity index (χ1) is 9.02. The average Bonchev–Trinajstić information content (AvgIpc) is 2.83. The van der Waals surface area contributed by atoms with Crippen molar-refractivity contribution in [2.45, 2.75) is 19.9 Å². The molecular weight excluding hydrogens is 261 g/mol. The zero-order valence-corrected chi connectivity index (χ0v) is 12.0. The van der Waals surface area contributed by atoms with Crippen LogP contribution < -0.4 is 0 Å². The fraction of sp³-hybridized carbons (Fsp3) is 0.267. The van der Waals surface area contributed by atoms with Gasteiger partial charge in [-0.15, -0.1) is 11.3 Å². The number of rotatable bonds is 3. The van der Waals surface area contributed by atoms with Crippen molar-refractivity contribution in [3.8, 4) is 0 Å². The number of thiophene rings is 1. The molecule has 0 saturated heterocycles. The van der Waals surface area contributed by atoms with Crippen LogP contribution in [0.4, 0.5) is 4.39 Å². The number of amides is 1. The van der Waals surface area contributed by atoms with E-state index in [-0.39, 0.29) is 17.8 Å². The quantitative estimate of drug-likeness (QED) is 0.829. The molecule has 0 aliphatic carbocycles. The maximum atomic E-state index is 13.8. The van der Waals surface area contributed by atoms with Gasteiger partial charge in [-0.05, 0) is 36.9 Å². The van der Waals surface area contributed by atoms with Crippen LogP contribution in [0.1, 0.15) is 33.8 Å². The van der Waals surface area contributed by atoms with E-state index < -0.39 is 0 Å². The molecule has 1 heterocycles. The summed E-state index contributed by atoms with van der Waals surface area (Å²) in [7, 11) is 1.71. The normalized spacial score (nSPS) is 12.2. The van der Waals surface area contributed by atoms with Gasteiger partial charge < -0.3 is 4.90 Å². The SMILES string of the molecule is Cc1ccsc1C(=O)N(C)C(C)c1ccccc1F. The van der Waals surface area contributed by atoms with Gasteiger partial charge in [-0.25, -0.2) is 4.39 Å². The Morgan fingerprint density at radius 3 is 2.58 bits per heavy atom. The summed E-state index contributed by atoms with van der Waals surface area (Å²) in [6.45, 7) is 3.74. The first-order valence-corrected chi connectivity index (χ1v) is 6.96. The van der Waals surface area contributed by atoms with Gasteiger partial charge in [-0.2, -0.15) is 0 Å². The molecular formula is C15H16FNOS. The highest BCUT2D eigenvalue weighted by molar-refractivity contribution is 7.12. The summed E-state index contributed by atoms with van der Waals surface area (Å²) >= 11 is 1.42. The predicted molar refractivity (Wildman–Crippen MR) is 76.0 cm³/mol. The number of carbonyl (C=O) groups is 1. The first-order valence-electron chi connectivity index (χ1n) is 6.08. The maximum Gasteiger partial charge on any atom is 0.264 e. The minimum Gasteiger partial charge on any atom is -0.334 e. The Bertz CT molecular complexity index is 593. The Hall–Kier alpha value is -1.68. The predicted octanol–water partition coefficient (Wildman–Crippen LogP) is 4.03. The molecule has 1 amide bonds. The number of aryl methyl sites for hydroxylation is 1. The van der Waals surface area contributed by atoms with Gasteiger partial charge in [0.05, 0.1) is 10.9 Å². The number of nitrogens with zero attached hydrogens (tertiary/aromatic N) is 1. The van der Waals surface area contributed by atoms with E-state index in [0.717, 1.165) is 5.56 Å². The Morgan fingerprint density at radius 2 is 2.00 bits per heavy atom. The lowest BCUT2D eigenvalue weighted by molar-refractivity contribution is 0.0744. The second kappa shape index (κ2) is 5.53. The van der Waals surface area contributed by atoms with E-state index in [4.69, 9.17) is 0 Å². The van der Waals surface area contributed by atoms with Crippen molar-refractivity contribution < 1.29 is 9.18 Å². The van der Waals surface area contributed by atoms with Crippen LogP contribution in [0.15, 0.2) is 35.7 Å². The number of carbonyl (C=O) groups excluding carboxylic acids is 1. The smallest absolute Gasteiger partial charge is 0.264 e. The number of hydrogen-bond donors (Lipinski definition) is 0. The van der Waals surface area contributed by atoms with Crippen LogP contribution in [0, 0.1) is 12.7 Å². The monoisotopic (exact) mass is 277 g/mol. The molecule has 0 aliphatic rings. The fourth-order valence-corrected chi connectivity index (χ4v) is 2.86. The van der Waals surface area contributed by atoms with Gasteiger partial charge in [0.1, 0.15) is 5.82 Å². The summed E-state index contributed by atoms with van der Waals surface area (Å²) in [5.74, 6) is -0.346. The third kappa shape index (κ3) is 2.68. The minimum atomic E-state index is -0.296. The number of hydrogen-bond acceptors (Lipinski definition) is 2. The van der Waals surface area contributed by atoms with Crippen molar-refractivity contribution in [1.82, 2.24) is 4.90 Å². The average molecular weight is 277 g/mol. The van der Waals surface area contributed by atoms with Crippen LogP contribution >= 0.6 is 11.3 Å². The summed E-state index contributed by atoms with van der Waals surface area (Å²) < 4.78 is 13.8.